The highest BCUT2D eigenvalue weighted by atomic mass is 32.1. The third-order valence-electron chi connectivity index (χ3n) is 3.71. The van der Waals surface area contributed by atoms with Crippen LogP contribution < -0.4 is 10.1 Å². The van der Waals surface area contributed by atoms with Crippen LogP contribution in [0.2, 0.25) is 0 Å². The van der Waals surface area contributed by atoms with E-state index in [0.717, 1.165) is 16.2 Å². The Morgan fingerprint density at radius 1 is 1.38 bits per heavy atom. The third-order valence-corrected chi connectivity index (χ3v) is 4.48. The minimum Gasteiger partial charge on any atom is -0.435 e. The molecule has 2 heterocycles. The summed E-state index contributed by atoms with van der Waals surface area (Å²) in [5.41, 5.74) is 1.89. The van der Waals surface area contributed by atoms with Crippen molar-refractivity contribution in [1.82, 2.24) is 19.6 Å². The number of alkyl halides is 2. The maximum absolute atomic E-state index is 12.2. The second kappa shape index (κ2) is 8.13. The topological polar surface area (TPSA) is 54.2 Å². The fraction of sp³-hybridized carbons (Fsp3) is 0.294. The van der Waals surface area contributed by atoms with Crippen molar-refractivity contribution >= 4 is 22.3 Å². The van der Waals surface area contributed by atoms with Crippen molar-refractivity contribution < 1.29 is 13.5 Å². The summed E-state index contributed by atoms with van der Waals surface area (Å²) in [6.45, 7) is -1.68. The summed E-state index contributed by atoms with van der Waals surface area (Å²) < 4.78 is 30.7. The Kier molecular flexibility index (Phi) is 5.67. The highest BCUT2D eigenvalue weighted by molar-refractivity contribution is 7.15. The number of nitrogens with zero attached hydrogens (tertiary/aromatic N) is 4. The first kappa shape index (κ1) is 18.1. The van der Waals surface area contributed by atoms with Gasteiger partial charge in [0.2, 0.25) is 0 Å². The Morgan fingerprint density at radius 3 is 2.81 bits per heavy atom. The van der Waals surface area contributed by atoms with Gasteiger partial charge in [-0.15, -0.1) is 11.3 Å². The highest BCUT2D eigenvalue weighted by Crippen LogP contribution is 2.16. The maximum Gasteiger partial charge on any atom is 0.387 e. The highest BCUT2D eigenvalue weighted by Gasteiger charge is 2.09. The van der Waals surface area contributed by atoms with Gasteiger partial charge in [-0.2, -0.15) is 8.78 Å². The second-order valence-electron chi connectivity index (χ2n) is 5.60. The molecule has 0 aliphatic heterocycles. The number of nitrogens with one attached hydrogen (secondary N) is 1. The number of aliphatic imine (C=N–C) groups is 1. The number of thiazole rings is 1. The average Bonchev–Trinajstić information content (AvgIpc) is 3.18. The summed E-state index contributed by atoms with van der Waals surface area (Å²) in [4.78, 5) is 11.7. The number of hydrogen-bond acceptors (Lipinski definition) is 4. The fourth-order valence-corrected chi connectivity index (χ4v) is 3.26. The number of ether oxygens (including phenoxy) is 1. The lowest BCUT2D eigenvalue weighted by Crippen LogP contribution is -2.38. The molecule has 0 radical (unpaired) electrons. The zero-order valence-corrected chi connectivity index (χ0v) is 15.2. The normalized spacial score (nSPS) is 12.0. The molecule has 138 valence electrons. The molecule has 0 atom stereocenters. The molecular weight excluding hydrogens is 360 g/mol. The number of aromatic nitrogens is 2. The van der Waals surface area contributed by atoms with Gasteiger partial charge < -0.3 is 15.0 Å². The molecule has 3 aromatic rings. The zero-order valence-electron chi connectivity index (χ0n) is 14.4. The van der Waals surface area contributed by atoms with Gasteiger partial charge in [-0.3, -0.25) is 9.39 Å². The molecule has 1 aromatic carbocycles. The Balaban J connectivity index is 1.56. The molecular formula is C17H19F2N5OS. The largest absolute Gasteiger partial charge is 0.435 e. The number of benzene rings is 1. The first-order chi connectivity index (χ1) is 12.5. The molecule has 6 nitrogen and oxygen atoms in total. The Hall–Kier alpha value is -2.68. The van der Waals surface area contributed by atoms with E-state index in [1.54, 1.807) is 30.5 Å². The van der Waals surface area contributed by atoms with Crippen molar-refractivity contribution in [2.75, 3.05) is 14.1 Å². The Labute approximate surface area is 153 Å². The summed E-state index contributed by atoms with van der Waals surface area (Å²) in [5, 5.41) is 5.26. The van der Waals surface area contributed by atoms with E-state index in [0.29, 0.717) is 19.0 Å². The van der Waals surface area contributed by atoms with Crippen molar-refractivity contribution in [3.63, 3.8) is 0 Å². The van der Waals surface area contributed by atoms with Crippen LogP contribution in [0.1, 0.15) is 11.3 Å². The van der Waals surface area contributed by atoms with Crippen LogP contribution in [0.15, 0.2) is 47.0 Å². The molecule has 0 saturated heterocycles. The van der Waals surface area contributed by atoms with Gasteiger partial charge in [0, 0.05) is 38.4 Å². The van der Waals surface area contributed by atoms with Gasteiger partial charge in [0.15, 0.2) is 10.9 Å². The van der Waals surface area contributed by atoms with Crippen molar-refractivity contribution in [2.45, 2.75) is 19.7 Å². The van der Waals surface area contributed by atoms with Crippen LogP contribution in [0.3, 0.4) is 0 Å². The molecule has 0 saturated carbocycles. The lowest BCUT2D eigenvalue weighted by molar-refractivity contribution is -0.0498. The summed E-state index contributed by atoms with van der Waals surface area (Å²) in [6.07, 6.45) is 3.95. The van der Waals surface area contributed by atoms with Gasteiger partial charge in [-0.1, -0.05) is 12.1 Å². The summed E-state index contributed by atoms with van der Waals surface area (Å²) in [6, 6.07) is 6.57. The van der Waals surface area contributed by atoms with E-state index < -0.39 is 6.61 Å². The van der Waals surface area contributed by atoms with Crippen LogP contribution in [0, 0.1) is 0 Å². The summed E-state index contributed by atoms with van der Waals surface area (Å²) >= 11 is 1.59. The van der Waals surface area contributed by atoms with E-state index in [1.807, 2.05) is 34.1 Å². The van der Waals surface area contributed by atoms with Crippen molar-refractivity contribution in [2.24, 2.45) is 4.99 Å². The minimum absolute atomic E-state index is 0.147. The van der Waals surface area contributed by atoms with Crippen molar-refractivity contribution in [3.05, 3.63) is 53.3 Å². The van der Waals surface area contributed by atoms with Crippen LogP contribution in [0.4, 0.5) is 8.78 Å². The molecule has 0 amide bonds. The molecule has 0 unspecified atom stereocenters. The zero-order chi connectivity index (χ0) is 18.5. The molecule has 2 aromatic heterocycles. The van der Waals surface area contributed by atoms with E-state index >= 15 is 0 Å². The average molecular weight is 379 g/mol. The fourth-order valence-electron chi connectivity index (χ4n) is 2.54. The van der Waals surface area contributed by atoms with E-state index in [4.69, 9.17) is 0 Å². The van der Waals surface area contributed by atoms with Crippen molar-refractivity contribution in [1.29, 1.82) is 0 Å². The van der Waals surface area contributed by atoms with Crippen LogP contribution >= 0.6 is 11.3 Å². The van der Waals surface area contributed by atoms with E-state index in [-0.39, 0.29) is 5.75 Å². The molecule has 0 bridgehead atoms. The van der Waals surface area contributed by atoms with Crippen LogP contribution in [-0.2, 0) is 13.1 Å². The molecule has 0 aliphatic carbocycles. The van der Waals surface area contributed by atoms with E-state index in [2.05, 4.69) is 20.0 Å². The number of guanidine groups is 1. The molecule has 9 heteroatoms. The van der Waals surface area contributed by atoms with Crippen molar-refractivity contribution in [3.8, 4) is 5.75 Å². The van der Waals surface area contributed by atoms with Gasteiger partial charge in [0.25, 0.3) is 0 Å². The van der Waals surface area contributed by atoms with Crippen LogP contribution in [0.25, 0.3) is 4.96 Å². The Bertz CT molecular complexity index is 846. The van der Waals surface area contributed by atoms with Gasteiger partial charge in [0.05, 0.1) is 12.2 Å². The number of rotatable bonds is 6. The molecule has 0 spiro atoms. The van der Waals surface area contributed by atoms with E-state index in [9.17, 15) is 8.78 Å². The van der Waals surface area contributed by atoms with Crippen LogP contribution in [0.5, 0.6) is 5.75 Å². The number of halogens is 2. The standard InChI is InChI=1S/C17H19F2N5OS/c1-20-16(21-9-13-11-24-7-8-26-17(24)22-13)23(2)10-12-3-5-14(6-4-12)25-15(18)19/h3-8,11,15H,9-10H2,1-2H3,(H,20,21). The third kappa shape index (κ3) is 4.48. The maximum atomic E-state index is 12.2. The molecule has 0 fully saturated rings. The number of hydrogen-bond donors (Lipinski definition) is 1. The van der Waals surface area contributed by atoms with Gasteiger partial charge >= 0.3 is 6.61 Å². The molecule has 3 rings (SSSR count). The predicted octanol–water partition coefficient (Wildman–Crippen LogP) is 3.20. The first-order valence-corrected chi connectivity index (χ1v) is 8.79. The van der Waals surface area contributed by atoms with Gasteiger partial charge in [-0.05, 0) is 17.7 Å². The monoisotopic (exact) mass is 379 g/mol. The minimum atomic E-state index is -2.82. The van der Waals surface area contributed by atoms with Gasteiger partial charge in [-0.25, -0.2) is 4.98 Å². The second-order valence-corrected chi connectivity index (χ2v) is 6.48. The first-order valence-electron chi connectivity index (χ1n) is 7.92. The predicted molar refractivity (Wildman–Crippen MR) is 97.8 cm³/mol. The lowest BCUT2D eigenvalue weighted by atomic mass is 10.2. The van der Waals surface area contributed by atoms with Gasteiger partial charge in [0.1, 0.15) is 5.75 Å². The van der Waals surface area contributed by atoms with Crippen LogP contribution in [-0.4, -0.2) is 41.0 Å². The number of fused-ring (bicyclic) bond motifs is 1. The van der Waals surface area contributed by atoms with E-state index in [1.165, 1.54) is 12.1 Å². The Morgan fingerprint density at radius 2 is 2.15 bits per heavy atom. The SMILES string of the molecule is CN=C(NCc1cn2ccsc2n1)N(C)Cc1ccc(OC(F)F)cc1. The quantitative estimate of drug-likeness (QED) is 0.528. The molecule has 26 heavy (non-hydrogen) atoms. The summed E-state index contributed by atoms with van der Waals surface area (Å²) in [5.74, 6) is 0.864. The molecule has 0 aliphatic rings. The smallest absolute Gasteiger partial charge is 0.387 e. The summed E-state index contributed by atoms with van der Waals surface area (Å²) in [7, 11) is 3.62. The lowest BCUT2D eigenvalue weighted by Gasteiger charge is -2.22. The molecule has 1 N–H and O–H groups in total. The number of imidazole rings is 1.